The lowest BCUT2D eigenvalue weighted by atomic mass is 9.79. The Bertz CT molecular complexity index is 602. The lowest BCUT2D eigenvalue weighted by molar-refractivity contribution is 0.0964. The Morgan fingerprint density at radius 1 is 1.05 bits per heavy atom. The van der Waals surface area contributed by atoms with Crippen LogP contribution in [0.1, 0.15) is 33.8 Å². The van der Waals surface area contributed by atoms with Gasteiger partial charge < -0.3 is 4.74 Å². The van der Waals surface area contributed by atoms with Crippen LogP contribution in [0.5, 0.6) is 5.75 Å². The molecule has 0 N–H and O–H groups in total. The summed E-state index contributed by atoms with van der Waals surface area (Å²) in [5.41, 5.74) is 3.20. The number of hydrogen-bond donors (Lipinski definition) is 0. The highest BCUT2D eigenvalue weighted by molar-refractivity contribution is 5.99. The van der Waals surface area contributed by atoms with Gasteiger partial charge in [0.1, 0.15) is 5.75 Å². The maximum atomic E-state index is 12.2. The van der Waals surface area contributed by atoms with Crippen LogP contribution in [0.3, 0.4) is 0 Å². The molecular weight excluding hydrogens is 236 g/mol. The fraction of sp³-hybridized carbons (Fsp3) is 0.235. The molecule has 0 saturated heterocycles. The van der Waals surface area contributed by atoms with Gasteiger partial charge in [0.05, 0.1) is 7.11 Å². The predicted molar refractivity (Wildman–Crippen MR) is 74.8 cm³/mol. The second-order valence-corrected chi connectivity index (χ2v) is 4.96. The van der Waals surface area contributed by atoms with Crippen molar-refractivity contribution < 1.29 is 9.53 Å². The summed E-state index contributed by atoms with van der Waals surface area (Å²) in [7, 11) is 1.65. The standard InChI is InChI=1S/C17H16O2/c1-19-15-7-8-16-14(10-15)9-13(11-17(16)18)12-5-3-2-4-6-12/h2-8,10,13H,9,11H2,1H3. The number of carbonyl (C=O) groups is 1. The molecule has 0 amide bonds. The number of benzene rings is 2. The number of methoxy groups -OCH3 is 1. The molecule has 1 aliphatic rings. The first-order chi connectivity index (χ1) is 9.28. The van der Waals surface area contributed by atoms with Gasteiger partial charge in [-0.2, -0.15) is 0 Å². The van der Waals surface area contributed by atoms with Crippen molar-refractivity contribution in [3.8, 4) is 5.75 Å². The molecule has 96 valence electrons. The number of carbonyl (C=O) groups excluding carboxylic acids is 1. The fourth-order valence-corrected chi connectivity index (χ4v) is 2.77. The van der Waals surface area contributed by atoms with Crippen molar-refractivity contribution in [2.45, 2.75) is 18.8 Å². The van der Waals surface area contributed by atoms with E-state index in [1.165, 1.54) is 5.56 Å². The van der Waals surface area contributed by atoms with E-state index in [2.05, 4.69) is 12.1 Å². The van der Waals surface area contributed by atoms with Crippen LogP contribution in [0.25, 0.3) is 0 Å². The van der Waals surface area contributed by atoms with E-state index < -0.39 is 0 Å². The molecule has 0 radical (unpaired) electrons. The Hall–Kier alpha value is -2.09. The molecule has 3 rings (SSSR count). The Kier molecular flexibility index (Phi) is 3.08. The minimum atomic E-state index is 0.234. The zero-order valence-corrected chi connectivity index (χ0v) is 10.9. The highest BCUT2D eigenvalue weighted by Gasteiger charge is 2.26. The van der Waals surface area contributed by atoms with Gasteiger partial charge in [-0.05, 0) is 41.7 Å². The maximum absolute atomic E-state index is 12.2. The van der Waals surface area contributed by atoms with Gasteiger partial charge in [-0.25, -0.2) is 0 Å². The van der Waals surface area contributed by atoms with Gasteiger partial charge in [-0.3, -0.25) is 4.79 Å². The zero-order valence-electron chi connectivity index (χ0n) is 10.9. The van der Waals surface area contributed by atoms with Gasteiger partial charge >= 0.3 is 0 Å². The van der Waals surface area contributed by atoms with Crippen LogP contribution in [0, 0.1) is 0 Å². The van der Waals surface area contributed by atoms with Gasteiger partial charge in [0.25, 0.3) is 0 Å². The third-order valence-corrected chi connectivity index (χ3v) is 3.78. The lowest BCUT2D eigenvalue weighted by Crippen LogP contribution is -2.18. The SMILES string of the molecule is COc1ccc2c(c1)CC(c1ccccc1)CC2=O. The van der Waals surface area contributed by atoms with Crippen molar-refractivity contribution in [1.29, 1.82) is 0 Å². The largest absolute Gasteiger partial charge is 0.497 e. The summed E-state index contributed by atoms with van der Waals surface area (Å²) in [6.07, 6.45) is 1.51. The van der Waals surface area contributed by atoms with Crippen molar-refractivity contribution in [1.82, 2.24) is 0 Å². The molecule has 2 heteroatoms. The number of rotatable bonds is 2. The normalized spacial score (nSPS) is 17.9. The van der Waals surface area contributed by atoms with Crippen LogP contribution in [0.4, 0.5) is 0 Å². The number of ketones is 1. The molecule has 19 heavy (non-hydrogen) atoms. The van der Waals surface area contributed by atoms with Crippen molar-refractivity contribution in [2.75, 3.05) is 7.11 Å². The highest BCUT2D eigenvalue weighted by Crippen LogP contribution is 2.34. The number of fused-ring (bicyclic) bond motifs is 1. The first-order valence-electron chi connectivity index (χ1n) is 6.53. The van der Waals surface area contributed by atoms with Crippen LogP contribution in [-0.2, 0) is 6.42 Å². The molecule has 0 aromatic heterocycles. The predicted octanol–water partition coefficient (Wildman–Crippen LogP) is 3.61. The topological polar surface area (TPSA) is 26.3 Å². The Balaban J connectivity index is 1.96. The number of ether oxygens (including phenoxy) is 1. The van der Waals surface area contributed by atoms with Crippen molar-refractivity contribution in [2.24, 2.45) is 0 Å². The highest BCUT2D eigenvalue weighted by atomic mass is 16.5. The van der Waals surface area contributed by atoms with Gasteiger partial charge in [0.15, 0.2) is 5.78 Å². The molecule has 1 unspecified atom stereocenters. The molecule has 0 saturated carbocycles. The van der Waals surface area contributed by atoms with E-state index in [9.17, 15) is 4.79 Å². The van der Waals surface area contributed by atoms with Gasteiger partial charge in [0.2, 0.25) is 0 Å². The molecular formula is C17H16O2. The summed E-state index contributed by atoms with van der Waals surface area (Å²) in [5, 5.41) is 0. The molecule has 0 bridgehead atoms. The van der Waals surface area contributed by atoms with E-state index in [-0.39, 0.29) is 11.7 Å². The molecule has 1 aliphatic carbocycles. The third-order valence-electron chi connectivity index (χ3n) is 3.78. The number of Topliss-reactive ketones (excluding diaryl/α,β-unsaturated/α-hetero) is 1. The van der Waals surface area contributed by atoms with Crippen LogP contribution >= 0.6 is 0 Å². The first kappa shape index (κ1) is 12.0. The Morgan fingerprint density at radius 3 is 2.58 bits per heavy atom. The van der Waals surface area contributed by atoms with Gasteiger partial charge in [0, 0.05) is 12.0 Å². The molecule has 0 heterocycles. The van der Waals surface area contributed by atoms with Crippen LogP contribution in [0.15, 0.2) is 48.5 Å². The number of hydrogen-bond acceptors (Lipinski definition) is 2. The molecule has 2 nitrogen and oxygen atoms in total. The minimum Gasteiger partial charge on any atom is -0.497 e. The molecule has 0 spiro atoms. The summed E-state index contributed by atoms with van der Waals surface area (Å²) >= 11 is 0. The third kappa shape index (κ3) is 2.26. The molecule has 2 aromatic rings. The average molecular weight is 252 g/mol. The van der Waals surface area contributed by atoms with E-state index in [1.54, 1.807) is 7.11 Å². The van der Waals surface area contributed by atoms with Gasteiger partial charge in [-0.15, -0.1) is 0 Å². The fourth-order valence-electron chi connectivity index (χ4n) is 2.77. The molecule has 2 aromatic carbocycles. The van der Waals surface area contributed by atoms with E-state index in [0.717, 1.165) is 23.3 Å². The molecule has 1 atom stereocenters. The summed E-state index contributed by atoms with van der Waals surface area (Å²) in [6.45, 7) is 0. The van der Waals surface area contributed by atoms with Crippen molar-refractivity contribution in [3.63, 3.8) is 0 Å². The summed E-state index contributed by atoms with van der Waals surface area (Å²) in [6, 6.07) is 16.0. The monoisotopic (exact) mass is 252 g/mol. The Morgan fingerprint density at radius 2 is 1.84 bits per heavy atom. The maximum Gasteiger partial charge on any atom is 0.163 e. The summed E-state index contributed by atoms with van der Waals surface area (Å²) < 4.78 is 5.25. The second kappa shape index (κ2) is 4.88. The van der Waals surface area contributed by atoms with Crippen LogP contribution < -0.4 is 4.74 Å². The van der Waals surface area contributed by atoms with E-state index in [0.29, 0.717) is 6.42 Å². The molecule has 0 aliphatic heterocycles. The van der Waals surface area contributed by atoms with Crippen molar-refractivity contribution >= 4 is 5.78 Å². The van der Waals surface area contributed by atoms with Crippen LogP contribution in [-0.4, -0.2) is 12.9 Å². The smallest absolute Gasteiger partial charge is 0.163 e. The second-order valence-electron chi connectivity index (χ2n) is 4.96. The van der Waals surface area contributed by atoms with E-state index >= 15 is 0 Å². The van der Waals surface area contributed by atoms with E-state index in [4.69, 9.17) is 4.74 Å². The van der Waals surface area contributed by atoms with Crippen LogP contribution in [0.2, 0.25) is 0 Å². The molecule has 0 fully saturated rings. The minimum absolute atomic E-state index is 0.234. The lowest BCUT2D eigenvalue weighted by Gasteiger charge is -2.24. The quantitative estimate of drug-likeness (QED) is 0.816. The first-order valence-corrected chi connectivity index (χ1v) is 6.53. The zero-order chi connectivity index (χ0) is 13.2. The van der Waals surface area contributed by atoms with Gasteiger partial charge in [-0.1, -0.05) is 30.3 Å². The summed E-state index contributed by atoms with van der Waals surface area (Å²) in [4.78, 5) is 12.2. The Labute approximate surface area is 113 Å². The summed E-state index contributed by atoms with van der Waals surface area (Å²) in [5.74, 6) is 1.34. The van der Waals surface area contributed by atoms with Crippen molar-refractivity contribution in [3.05, 3.63) is 65.2 Å². The average Bonchev–Trinajstić information content (AvgIpc) is 2.47. The van der Waals surface area contributed by atoms with E-state index in [1.807, 2.05) is 36.4 Å².